The van der Waals surface area contributed by atoms with Crippen molar-refractivity contribution in [1.82, 2.24) is 18.6 Å². The van der Waals surface area contributed by atoms with E-state index in [9.17, 15) is 28.2 Å². The Morgan fingerprint density at radius 1 is 0.824 bits per heavy atom. The van der Waals surface area contributed by atoms with Crippen molar-refractivity contribution in [2.24, 2.45) is 16.5 Å². The van der Waals surface area contributed by atoms with Crippen molar-refractivity contribution in [2.45, 2.75) is 4.90 Å². The summed E-state index contributed by atoms with van der Waals surface area (Å²) in [6, 6.07) is 10.0. The zero-order valence-electron chi connectivity index (χ0n) is 28.0. The van der Waals surface area contributed by atoms with Crippen molar-refractivity contribution in [3.05, 3.63) is 91.3 Å². The Labute approximate surface area is 301 Å². The van der Waals surface area contributed by atoms with E-state index in [4.69, 9.17) is 23.1 Å². The topological polar surface area (TPSA) is 203 Å². The van der Waals surface area contributed by atoms with Gasteiger partial charge in [-0.15, -0.1) is 11.6 Å². The summed E-state index contributed by atoms with van der Waals surface area (Å²) >= 11 is 5.64. The monoisotopic (exact) mass is 736 g/mol. The van der Waals surface area contributed by atoms with E-state index < -0.39 is 34.6 Å². The number of guanidine groups is 1. The zero-order chi connectivity index (χ0) is 37.2. The molecule has 18 heteroatoms. The molecule has 0 radical (unpaired) electrons. The first kappa shape index (κ1) is 37.9. The SMILES string of the molecule is CN(CCN=C(N)N)C(=O)n1ccc(N(C)C(=O)n2ccc(N(C)C(=O)n3ccc(NC(=O)C(=O)/C=C/c4ccc(S(=O)CCCl)cc4)c3)c2)c1. The minimum Gasteiger partial charge on any atom is -0.370 e. The molecular formula is C33H37ClN10O6S. The second-order valence-corrected chi connectivity index (χ2v) is 13.0. The molecule has 1 aromatic carbocycles. The van der Waals surface area contributed by atoms with Crippen LogP contribution in [0, 0.1) is 0 Å². The van der Waals surface area contributed by atoms with Crippen LogP contribution in [0.5, 0.6) is 0 Å². The maximum Gasteiger partial charge on any atom is 0.332 e. The van der Waals surface area contributed by atoms with Crippen LogP contribution in [0.4, 0.5) is 31.4 Å². The van der Waals surface area contributed by atoms with Crippen LogP contribution in [0.3, 0.4) is 0 Å². The number of carbonyl (C=O) groups is 5. The van der Waals surface area contributed by atoms with Crippen molar-refractivity contribution in [2.75, 3.05) is 61.0 Å². The largest absolute Gasteiger partial charge is 0.370 e. The molecular weight excluding hydrogens is 700 g/mol. The van der Waals surface area contributed by atoms with Crippen molar-refractivity contribution in [3.63, 3.8) is 0 Å². The van der Waals surface area contributed by atoms with Gasteiger partial charge in [-0.3, -0.25) is 42.3 Å². The molecule has 4 aromatic rings. The highest BCUT2D eigenvalue weighted by Gasteiger charge is 2.20. The lowest BCUT2D eigenvalue weighted by atomic mass is 10.2. The molecule has 268 valence electrons. The van der Waals surface area contributed by atoms with Gasteiger partial charge in [0.2, 0.25) is 5.78 Å². The lowest BCUT2D eigenvalue weighted by Gasteiger charge is -2.18. The Morgan fingerprint density at radius 3 is 1.94 bits per heavy atom. The normalized spacial score (nSPS) is 11.5. The van der Waals surface area contributed by atoms with Gasteiger partial charge >= 0.3 is 18.1 Å². The van der Waals surface area contributed by atoms with E-state index in [1.807, 2.05) is 0 Å². The molecule has 0 bridgehead atoms. The number of likely N-dealkylation sites (N-methyl/N-ethyl adjacent to an activating group) is 1. The van der Waals surface area contributed by atoms with E-state index in [0.29, 0.717) is 27.6 Å². The number of aliphatic imine (C=N–C) groups is 1. The molecule has 0 aliphatic carbocycles. The molecule has 0 aliphatic rings. The third-order valence-electron chi connectivity index (χ3n) is 7.43. The van der Waals surface area contributed by atoms with Gasteiger partial charge in [0.05, 0.1) is 34.4 Å². The molecule has 0 fully saturated rings. The van der Waals surface area contributed by atoms with Gasteiger partial charge in [-0.05, 0) is 42.0 Å². The summed E-state index contributed by atoms with van der Waals surface area (Å²) in [6.45, 7) is 0.526. The lowest BCUT2D eigenvalue weighted by Crippen LogP contribution is -2.33. The van der Waals surface area contributed by atoms with E-state index in [1.54, 1.807) is 50.5 Å². The first-order valence-electron chi connectivity index (χ1n) is 15.3. The van der Waals surface area contributed by atoms with Crippen LogP contribution in [0.15, 0.2) is 95.6 Å². The van der Waals surface area contributed by atoms with E-state index in [0.717, 1.165) is 6.08 Å². The van der Waals surface area contributed by atoms with E-state index in [1.165, 1.54) is 84.8 Å². The van der Waals surface area contributed by atoms with Gasteiger partial charge in [0, 0.05) is 81.4 Å². The van der Waals surface area contributed by atoms with Crippen LogP contribution in [0.25, 0.3) is 6.08 Å². The van der Waals surface area contributed by atoms with Gasteiger partial charge in [0.15, 0.2) is 5.96 Å². The third-order valence-corrected chi connectivity index (χ3v) is 9.22. The van der Waals surface area contributed by atoms with E-state index in [-0.39, 0.29) is 36.6 Å². The highest BCUT2D eigenvalue weighted by atomic mass is 35.5. The van der Waals surface area contributed by atoms with Crippen LogP contribution in [-0.4, -0.2) is 104 Å². The second-order valence-electron chi connectivity index (χ2n) is 11.0. The molecule has 0 saturated carbocycles. The number of nitrogens with zero attached hydrogens (tertiary/aromatic N) is 7. The van der Waals surface area contributed by atoms with Crippen LogP contribution in [-0.2, 0) is 20.4 Å². The fraction of sp³-hybridized carbons (Fsp3) is 0.212. The van der Waals surface area contributed by atoms with Crippen LogP contribution < -0.4 is 26.6 Å². The van der Waals surface area contributed by atoms with Gasteiger partial charge in [-0.1, -0.05) is 18.2 Å². The van der Waals surface area contributed by atoms with Crippen molar-refractivity contribution < 1.29 is 28.2 Å². The fourth-order valence-electron chi connectivity index (χ4n) is 4.54. The molecule has 0 spiro atoms. The summed E-state index contributed by atoms with van der Waals surface area (Å²) in [7, 11) is 3.45. The zero-order valence-corrected chi connectivity index (χ0v) is 29.6. The maximum absolute atomic E-state index is 13.2. The molecule has 3 aromatic heterocycles. The van der Waals surface area contributed by atoms with Crippen molar-refractivity contribution in [1.29, 1.82) is 0 Å². The molecule has 3 heterocycles. The molecule has 1 unspecified atom stereocenters. The highest BCUT2D eigenvalue weighted by Crippen LogP contribution is 2.20. The van der Waals surface area contributed by atoms with Gasteiger partial charge in [-0.25, -0.2) is 14.4 Å². The number of halogens is 1. The Kier molecular flexibility index (Phi) is 12.7. The summed E-state index contributed by atoms with van der Waals surface area (Å²) in [5, 5.41) is 2.47. The quantitative estimate of drug-likeness (QED) is 0.0647. The molecule has 1 atom stereocenters. The third kappa shape index (κ3) is 9.83. The standard InChI is InChI=1S/C33H37ClN10O6S/c1-39(18-14-37-30(35)36)31(47)43-16-11-25(21-43)41(3)33(49)44-17-12-26(22-44)40(2)32(48)42-15-10-24(20-42)38-29(46)28(45)9-6-23-4-7-27(8-5-23)51(50)19-13-34/h4-12,15-17,20-22H,13-14,18-19H2,1-3H3,(H,38,46)(H4,35,36,37)/b9-6+. The number of amides is 4. The number of benzene rings is 1. The second kappa shape index (κ2) is 17.1. The molecule has 0 saturated heterocycles. The summed E-state index contributed by atoms with van der Waals surface area (Å²) in [6.07, 6.45) is 11.4. The Morgan fingerprint density at radius 2 is 1.37 bits per heavy atom. The first-order valence-corrected chi connectivity index (χ1v) is 17.1. The number of rotatable bonds is 12. The summed E-state index contributed by atoms with van der Waals surface area (Å²) in [5.74, 6) is -1.18. The predicted molar refractivity (Wildman–Crippen MR) is 197 cm³/mol. The number of nitrogens with two attached hydrogens (primary N) is 2. The first-order chi connectivity index (χ1) is 24.3. The van der Waals surface area contributed by atoms with Gasteiger partial charge in [-0.2, -0.15) is 0 Å². The number of ketones is 1. The van der Waals surface area contributed by atoms with Crippen LogP contribution >= 0.6 is 11.6 Å². The molecule has 4 rings (SSSR count). The number of hydrogen-bond donors (Lipinski definition) is 3. The van der Waals surface area contributed by atoms with Crippen LogP contribution in [0.2, 0.25) is 0 Å². The number of anilines is 3. The molecule has 4 amide bonds. The van der Waals surface area contributed by atoms with Gasteiger partial charge in [0.25, 0.3) is 5.91 Å². The summed E-state index contributed by atoms with van der Waals surface area (Å²) in [5.41, 5.74) is 12.4. The molecule has 51 heavy (non-hydrogen) atoms. The maximum atomic E-state index is 13.2. The summed E-state index contributed by atoms with van der Waals surface area (Å²) < 4.78 is 15.9. The number of aromatic nitrogens is 3. The lowest BCUT2D eigenvalue weighted by molar-refractivity contribution is -0.131. The highest BCUT2D eigenvalue weighted by molar-refractivity contribution is 7.85. The number of alkyl halides is 1. The minimum atomic E-state index is -1.21. The average molecular weight is 737 g/mol. The number of carbonyl (C=O) groups excluding carboxylic acids is 5. The smallest absolute Gasteiger partial charge is 0.332 e. The predicted octanol–water partition coefficient (Wildman–Crippen LogP) is 3.04. The Bertz CT molecular complexity index is 1990. The molecule has 0 aliphatic heterocycles. The van der Waals surface area contributed by atoms with Gasteiger partial charge < -0.3 is 21.7 Å². The fourth-order valence-corrected chi connectivity index (χ4v) is 5.78. The van der Waals surface area contributed by atoms with Gasteiger partial charge in [0.1, 0.15) is 0 Å². The van der Waals surface area contributed by atoms with E-state index >= 15 is 0 Å². The van der Waals surface area contributed by atoms with Crippen molar-refractivity contribution in [3.8, 4) is 0 Å². The minimum absolute atomic E-state index is 0.0673. The average Bonchev–Trinajstić information content (AvgIpc) is 3.91. The Hall–Kier alpha value is -5.94. The van der Waals surface area contributed by atoms with E-state index in [2.05, 4.69) is 10.3 Å². The molecule has 5 N–H and O–H groups in total. The number of nitrogens with one attached hydrogen (secondary N) is 1. The molecule has 16 nitrogen and oxygen atoms in total. The summed E-state index contributed by atoms with van der Waals surface area (Å²) in [4.78, 5) is 72.6. The van der Waals surface area contributed by atoms with Crippen molar-refractivity contribution >= 4 is 81.3 Å². The Balaban J connectivity index is 1.32. The van der Waals surface area contributed by atoms with Crippen LogP contribution in [0.1, 0.15) is 5.56 Å². The number of hydrogen-bond acceptors (Lipinski definition) is 7.